The molecule has 0 aliphatic carbocycles. The molecule has 1 aliphatic rings. The molecule has 1 aliphatic heterocycles. The van der Waals surface area contributed by atoms with Gasteiger partial charge in [-0.2, -0.15) is 10.1 Å². The van der Waals surface area contributed by atoms with Crippen molar-refractivity contribution in [3.05, 3.63) is 24.4 Å². The molecule has 3 rings (SSSR count). The summed E-state index contributed by atoms with van der Waals surface area (Å²) in [6.07, 6.45) is 5.09. The fourth-order valence-corrected chi connectivity index (χ4v) is 2.39. The molecule has 2 aromatic rings. The van der Waals surface area contributed by atoms with E-state index in [2.05, 4.69) is 20.4 Å². The number of nitrogens with zero attached hydrogens (tertiary/aromatic N) is 5. The molecule has 2 aromatic heterocycles. The number of rotatable bonds is 3. The molecule has 0 bridgehead atoms. The van der Waals surface area contributed by atoms with Crippen LogP contribution in [0.2, 0.25) is 0 Å². The zero-order valence-corrected chi connectivity index (χ0v) is 12.7. The number of anilines is 3. The van der Waals surface area contributed by atoms with Crippen molar-refractivity contribution < 1.29 is 9.18 Å². The predicted octanol–water partition coefficient (Wildman–Crippen LogP) is 1.86. The quantitative estimate of drug-likeness (QED) is 0.936. The second-order valence-corrected chi connectivity index (χ2v) is 5.98. The Hall–Kier alpha value is -2.51. The minimum absolute atomic E-state index is 0.0111. The topological polar surface area (TPSA) is 75.9 Å². The fraction of sp³-hybridized carbons (Fsp3) is 0.429. The lowest BCUT2D eigenvalue weighted by Gasteiger charge is -2.19. The van der Waals surface area contributed by atoms with Crippen LogP contribution in [0.25, 0.3) is 0 Å². The summed E-state index contributed by atoms with van der Waals surface area (Å²) in [6, 6.07) is 0. The number of amides is 1. The molecule has 1 N–H and O–H groups in total. The maximum Gasteiger partial charge on any atom is 0.233 e. The van der Waals surface area contributed by atoms with Gasteiger partial charge in [0.05, 0.1) is 18.1 Å². The van der Waals surface area contributed by atoms with Crippen LogP contribution in [0.15, 0.2) is 18.6 Å². The second-order valence-electron chi connectivity index (χ2n) is 5.98. The van der Waals surface area contributed by atoms with Gasteiger partial charge in [-0.25, -0.2) is 9.37 Å². The van der Waals surface area contributed by atoms with Crippen molar-refractivity contribution in [3.8, 4) is 0 Å². The summed E-state index contributed by atoms with van der Waals surface area (Å²) < 4.78 is 15.7. The third-order valence-electron chi connectivity index (χ3n) is 3.73. The Labute approximate surface area is 127 Å². The molecule has 116 valence electrons. The van der Waals surface area contributed by atoms with Crippen molar-refractivity contribution in [1.82, 2.24) is 19.7 Å². The van der Waals surface area contributed by atoms with Crippen molar-refractivity contribution in [2.75, 3.05) is 16.8 Å². The molecule has 0 spiro atoms. The summed E-state index contributed by atoms with van der Waals surface area (Å²) in [4.78, 5) is 21.7. The number of halogens is 1. The van der Waals surface area contributed by atoms with Crippen LogP contribution < -0.4 is 10.2 Å². The van der Waals surface area contributed by atoms with Gasteiger partial charge in [0.15, 0.2) is 11.6 Å². The van der Waals surface area contributed by atoms with Crippen LogP contribution in [-0.4, -0.2) is 32.2 Å². The van der Waals surface area contributed by atoms with E-state index in [9.17, 15) is 9.18 Å². The molecule has 0 radical (unpaired) electrons. The first kappa shape index (κ1) is 14.4. The van der Waals surface area contributed by atoms with Gasteiger partial charge in [-0.1, -0.05) is 13.8 Å². The Morgan fingerprint density at radius 1 is 1.36 bits per heavy atom. The predicted molar refractivity (Wildman–Crippen MR) is 79.2 cm³/mol. The van der Waals surface area contributed by atoms with E-state index in [1.807, 2.05) is 13.8 Å². The largest absolute Gasteiger partial charge is 0.321 e. The number of hydrogen-bond donors (Lipinski definition) is 1. The van der Waals surface area contributed by atoms with Gasteiger partial charge >= 0.3 is 0 Å². The summed E-state index contributed by atoms with van der Waals surface area (Å²) in [6.45, 7) is 4.15. The van der Waals surface area contributed by atoms with E-state index < -0.39 is 11.2 Å². The third kappa shape index (κ3) is 2.51. The molecule has 1 fully saturated rings. The number of aromatic nitrogens is 4. The Bertz CT molecular complexity index is 726. The normalized spacial score (nSPS) is 17.1. The number of nitrogens with one attached hydrogen (secondary N) is 1. The Morgan fingerprint density at radius 2 is 2.14 bits per heavy atom. The summed E-state index contributed by atoms with van der Waals surface area (Å²) in [5.74, 6) is -0.501. The Morgan fingerprint density at radius 3 is 2.73 bits per heavy atom. The molecule has 1 saturated heterocycles. The van der Waals surface area contributed by atoms with Crippen LogP contribution in [0, 0.1) is 11.2 Å². The van der Waals surface area contributed by atoms with Gasteiger partial charge < -0.3 is 5.32 Å². The highest BCUT2D eigenvalue weighted by atomic mass is 19.1. The molecule has 0 aromatic carbocycles. The van der Waals surface area contributed by atoms with E-state index in [1.165, 1.54) is 4.90 Å². The van der Waals surface area contributed by atoms with E-state index in [1.54, 1.807) is 24.1 Å². The van der Waals surface area contributed by atoms with Crippen LogP contribution >= 0.6 is 0 Å². The summed E-state index contributed by atoms with van der Waals surface area (Å²) in [5, 5.41) is 6.96. The average molecular weight is 304 g/mol. The fourth-order valence-electron chi connectivity index (χ4n) is 2.39. The first-order chi connectivity index (χ1) is 10.4. The molecule has 1 amide bonds. The lowest BCUT2D eigenvalue weighted by Crippen LogP contribution is -2.32. The molecular formula is C14H17FN6O. The Balaban J connectivity index is 1.89. The van der Waals surface area contributed by atoms with Gasteiger partial charge in [-0.15, -0.1) is 0 Å². The monoisotopic (exact) mass is 304 g/mol. The van der Waals surface area contributed by atoms with Crippen molar-refractivity contribution in [2.24, 2.45) is 12.5 Å². The summed E-state index contributed by atoms with van der Waals surface area (Å²) in [7, 11) is 1.78. The lowest BCUT2D eigenvalue weighted by molar-refractivity contribution is -0.124. The van der Waals surface area contributed by atoms with Crippen molar-refractivity contribution >= 4 is 23.4 Å². The zero-order chi connectivity index (χ0) is 15.9. The van der Waals surface area contributed by atoms with Crippen LogP contribution in [0.5, 0.6) is 0 Å². The third-order valence-corrected chi connectivity index (χ3v) is 3.73. The first-order valence-electron chi connectivity index (χ1n) is 6.97. The Kier molecular flexibility index (Phi) is 3.31. The molecule has 22 heavy (non-hydrogen) atoms. The van der Waals surface area contributed by atoms with Crippen molar-refractivity contribution in [1.29, 1.82) is 0 Å². The van der Waals surface area contributed by atoms with Gasteiger partial charge in [0.1, 0.15) is 0 Å². The van der Waals surface area contributed by atoms with Gasteiger partial charge in [-0.05, 0) is 6.42 Å². The number of aryl methyl sites for hydroxylation is 1. The highest BCUT2D eigenvalue weighted by molar-refractivity contribution is 5.98. The van der Waals surface area contributed by atoms with Gasteiger partial charge in [0.2, 0.25) is 11.9 Å². The van der Waals surface area contributed by atoms with Gasteiger partial charge in [0.25, 0.3) is 0 Å². The van der Waals surface area contributed by atoms with Crippen LogP contribution in [0.1, 0.15) is 20.3 Å². The first-order valence-corrected chi connectivity index (χ1v) is 6.97. The van der Waals surface area contributed by atoms with Crippen molar-refractivity contribution in [3.63, 3.8) is 0 Å². The number of hydrogen-bond acceptors (Lipinski definition) is 5. The van der Waals surface area contributed by atoms with Crippen LogP contribution in [-0.2, 0) is 11.8 Å². The maximum atomic E-state index is 14.0. The SMILES string of the molecule is Cn1cc(Nc2ncc(F)c(N3CCC(C)(C)C3=O)n2)cn1. The number of carbonyl (C=O) groups excluding carboxylic acids is 1. The molecular weight excluding hydrogens is 287 g/mol. The summed E-state index contributed by atoms with van der Waals surface area (Å²) >= 11 is 0. The maximum absolute atomic E-state index is 14.0. The highest BCUT2D eigenvalue weighted by Gasteiger charge is 2.40. The minimum Gasteiger partial charge on any atom is -0.321 e. The zero-order valence-electron chi connectivity index (χ0n) is 12.7. The number of carbonyl (C=O) groups is 1. The molecule has 3 heterocycles. The molecule has 0 atom stereocenters. The highest BCUT2D eigenvalue weighted by Crippen LogP contribution is 2.34. The standard InChI is InChI=1S/C14H17FN6O/c1-14(2)4-5-21(12(14)22)11-10(15)7-16-13(19-11)18-9-6-17-20(3)8-9/h6-8H,4-5H2,1-3H3,(H,16,18,19). The van der Waals surface area contributed by atoms with Gasteiger partial charge in [-0.3, -0.25) is 14.4 Å². The van der Waals surface area contributed by atoms with Gasteiger partial charge in [0, 0.05) is 25.2 Å². The molecule has 0 saturated carbocycles. The van der Waals surface area contributed by atoms with Crippen molar-refractivity contribution in [2.45, 2.75) is 20.3 Å². The second kappa shape index (κ2) is 5.04. The minimum atomic E-state index is -0.609. The van der Waals surface area contributed by atoms with E-state index in [0.717, 1.165) is 6.20 Å². The van der Waals surface area contributed by atoms with E-state index in [0.29, 0.717) is 18.7 Å². The smallest absolute Gasteiger partial charge is 0.233 e. The molecule has 0 unspecified atom stereocenters. The molecule has 8 heteroatoms. The van der Waals surface area contributed by atoms with Crippen LogP contribution in [0.4, 0.5) is 21.8 Å². The summed E-state index contributed by atoms with van der Waals surface area (Å²) in [5.41, 5.74) is 0.196. The van der Waals surface area contributed by atoms with E-state index >= 15 is 0 Å². The van der Waals surface area contributed by atoms with E-state index in [4.69, 9.17) is 0 Å². The lowest BCUT2D eigenvalue weighted by atomic mass is 9.92. The molecule has 7 nitrogen and oxygen atoms in total. The average Bonchev–Trinajstić information content (AvgIpc) is 2.97. The van der Waals surface area contributed by atoms with Crippen LogP contribution in [0.3, 0.4) is 0 Å². The van der Waals surface area contributed by atoms with E-state index in [-0.39, 0.29) is 17.7 Å².